The summed E-state index contributed by atoms with van der Waals surface area (Å²) >= 11 is 0. The Bertz CT molecular complexity index is 433. The Morgan fingerprint density at radius 3 is 3.06 bits per heavy atom. The van der Waals surface area contributed by atoms with Gasteiger partial charge in [-0.25, -0.2) is 4.98 Å². The molecule has 0 aliphatic carbocycles. The number of nitrogens with one attached hydrogen (secondary N) is 1. The van der Waals surface area contributed by atoms with Gasteiger partial charge in [0, 0.05) is 17.8 Å². The van der Waals surface area contributed by atoms with Crippen LogP contribution in [0.4, 0.5) is 5.82 Å². The van der Waals surface area contributed by atoms with Gasteiger partial charge in [-0.1, -0.05) is 0 Å². The highest BCUT2D eigenvalue weighted by atomic mass is 16.3. The van der Waals surface area contributed by atoms with Gasteiger partial charge in [-0.2, -0.15) is 0 Å². The predicted octanol–water partition coefficient (Wildman–Crippen LogP) is 0.635. The Morgan fingerprint density at radius 1 is 1.65 bits per heavy atom. The van der Waals surface area contributed by atoms with Gasteiger partial charge in [0.1, 0.15) is 11.7 Å². The van der Waals surface area contributed by atoms with Gasteiger partial charge in [0.2, 0.25) is 0 Å². The number of anilines is 1. The zero-order valence-electron chi connectivity index (χ0n) is 9.98. The number of nitrogens with zero attached hydrogens (tertiary/aromatic N) is 2. The molecule has 2 heterocycles. The summed E-state index contributed by atoms with van der Waals surface area (Å²) in [7, 11) is 0. The summed E-state index contributed by atoms with van der Waals surface area (Å²) in [5, 5.41) is 16.8. The van der Waals surface area contributed by atoms with Crippen molar-refractivity contribution in [3.63, 3.8) is 0 Å². The average Bonchev–Trinajstić information content (AvgIpc) is 2.76. The van der Waals surface area contributed by atoms with Crippen molar-refractivity contribution in [3.8, 4) is 0 Å². The monoisotopic (exact) mass is 234 g/mol. The molecule has 17 heavy (non-hydrogen) atoms. The summed E-state index contributed by atoms with van der Waals surface area (Å²) in [5.74, 6) is 0.864. The number of aliphatic hydroxyl groups excluding tert-OH is 1. The molecule has 1 aliphatic rings. The van der Waals surface area contributed by atoms with Crippen molar-refractivity contribution >= 4 is 11.7 Å². The maximum absolute atomic E-state index is 9.31. The zero-order chi connectivity index (χ0) is 12.4. The molecule has 1 aliphatic heterocycles. The number of aryl methyl sites for hydroxylation is 1. The smallest absolute Gasteiger partial charge is 0.129 e. The summed E-state index contributed by atoms with van der Waals surface area (Å²) in [4.78, 5) is 6.56. The Kier molecular flexibility index (Phi) is 3.28. The first kappa shape index (κ1) is 11.9. The van der Waals surface area contributed by atoms with Crippen LogP contribution in [0.2, 0.25) is 0 Å². The second-order valence-electron chi connectivity index (χ2n) is 4.44. The van der Waals surface area contributed by atoms with Gasteiger partial charge in [-0.3, -0.25) is 5.41 Å². The van der Waals surface area contributed by atoms with Crippen LogP contribution in [0.25, 0.3) is 0 Å². The predicted molar refractivity (Wildman–Crippen MR) is 67.4 cm³/mol. The number of pyridine rings is 1. The molecule has 4 N–H and O–H groups in total. The van der Waals surface area contributed by atoms with Gasteiger partial charge in [-0.15, -0.1) is 0 Å². The van der Waals surface area contributed by atoms with Gasteiger partial charge in [0.25, 0.3) is 0 Å². The third-order valence-corrected chi connectivity index (χ3v) is 3.13. The van der Waals surface area contributed by atoms with Crippen LogP contribution in [0.15, 0.2) is 12.1 Å². The summed E-state index contributed by atoms with van der Waals surface area (Å²) < 4.78 is 0. The largest absolute Gasteiger partial charge is 0.394 e. The fraction of sp³-hybridized carbons (Fsp3) is 0.500. The van der Waals surface area contributed by atoms with Crippen LogP contribution in [0.1, 0.15) is 24.1 Å². The van der Waals surface area contributed by atoms with E-state index in [1.54, 1.807) is 6.07 Å². The Labute approximate surface area is 101 Å². The molecule has 92 valence electrons. The van der Waals surface area contributed by atoms with Crippen molar-refractivity contribution in [1.82, 2.24) is 4.98 Å². The average molecular weight is 234 g/mol. The number of nitrogens with two attached hydrogens (primary N) is 1. The molecular weight excluding hydrogens is 216 g/mol. The molecule has 0 bridgehead atoms. The molecule has 5 heteroatoms. The van der Waals surface area contributed by atoms with E-state index in [1.807, 2.05) is 13.0 Å². The van der Waals surface area contributed by atoms with Crippen LogP contribution in [-0.2, 0) is 0 Å². The van der Waals surface area contributed by atoms with E-state index in [4.69, 9.17) is 11.1 Å². The number of hydrogen-bond acceptors (Lipinski definition) is 4. The first-order valence-corrected chi connectivity index (χ1v) is 5.82. The van der Waals surface area contributed by atoms with E-state index in [1.165, 1.54) is 0 Å². The topological polar surface area (TPSA) is 86.2 Å². The van der Waals surface area contributed by atoms with E-state index in [9.17, 15) is 5.11 Å². The normalized spacial score (nSPS) is 19.6. The fourth-order valence-electron chi connectivity index (χ4n) is 2.28. The molecule has 0 radical (unpaired) electrons. The van der Waals surface area contributed by atoms with Gasteiger partial charge in [0.05, 0.1) is 12.6 Å². The Balaban J connectivity index is 2.34. The van der Waals surface area contributed by atoms with Gasteiger partial charge >= 0.3 is 0 Å². The van der Waals surface area contributed by atoms with Gasteiger partial charge in [-0.05, 0) is 31.9 Å². The highest BCUT2D eigenvalue weighted by Gasteiger charge is 2.25. The first-order chi connectivity index (χ1) is 8.11. The number of nitrogen functional groups attached to an aromatic ring is 1. The van der Waals surface area contributed by atoms with E-state index in [2.05, 4.69) is 9.88 Å². The second kappa shape index (κ2) is 4.71. The molecule has 0 amide bonds. The van der Waals surface area contributed by atoms with Crippen molar-refractivity contribution in [2.45, 2.75) is 25.8 Å². The minimum absolute atomic E-state index is 0.0523. The maximum Gasteiger partial charge on any atom is 0.129 e. The number of rotatable bonds is 3. The second-order valence-corrected chi connectivity index (χ2v) is 4.44. The van der Waals surface area contributed by atoms with E-state index in [-0.39, 0.29) is 18.5 Å². The standard InChI is InChI=1S/C12H18N4O/c1-8-5-9(12(13)14)6-11(15-8)16-4-2-3-10(16)7-17/h5-6,10,17H,2-4,7H2,1H3,(H3,13,14). The molecule has 1 aromatic rings. The Hall–Kier alpha value is -1.62. The lowest BCUT2D eigenvalue weighted by Gasteiger charge is -2.24. The quantitative estimate of drug-likeness (QED) is 0.529. The van der Waals surface area contributed by atoms with Crippen molar-refractivity contribution < 1.29 is 5.11 Å². The first-order valence-electron chi connectivity index (χ1n) is 5.82. The lowest BCUT2D eigenvalue weighted by Crippen LogP contribution is -2.33. The molecule has 5 nitrogen and oxygen atoms in total. The number of aromatic nitrogens is 1. The van der Waals surface area contributed by atoms with Crippen LogP contribution in [-0.4, -0.2) is 35.1 Å². The van der Waals surface area contributed by atoms with Crippen LogP contribution in [0.5, 0.6) is 0 Å². The van der Waals surface area contributed by atoms with E-state index < -0.39 is 0 Å². The Morgan fingerprint density at radius 2 is 2.41 bits per heavy atom. The molecule has 0 saturated carbocycles. The molecule has 1 fully saturated rings. The minimum atomic E-state index is 0.0523. The van der Waals surface area contributed by atoms with E-state index in [0.29, 0.717) is 5.56 Å². The highest BCUT2D eigenvalue weighted by Crippen LogP contribution is 2.24. The van der Waals surface area contributed by atoms with Crippen LogP contribution >= 0.6 is 0 Å². The summed E-state index contributed by atoms with van der Waals surface area (Å²) in [6.45, 7) is 2.93. The summed E-state index contributed by atoms with van der Waals surface area (Å²) in [6, 6.07) is 3.77. The van der Waals surface area contributed by atoms with E-state index in [0.717, 1.165) is 30.9 Å². The van der Waals surface area contributed by atoms with Crippen molar-refractivity contribution in [3.05, 3.63) is 23.4 Å². The molecule has 1 atom stereocenters. The third kappa shape index (κ3) is 2.39. The van der Waals surface area contributed by atoms with E-state index >= 15 is 0 Å². The summed E-state index contributed by atoms with van der Waals surface area (Å²) in [5.41, 5.74) is 7.04. The molecule has 2 rings (SSSR count). The number of amidine groups is 1. The molecule has 0 aromatic carbocycles. The molecule has 0 spiro atoms. The van der Waals surface area contributed by atoms with Crippen molar-refractivity contribution in [1.29, 1.82) is 5.41 Å². The summed E-state index contributed by atoms with van der Waals surface area (Å²) in [6.07, 6.45) is 2.05. The van der Waals surface area contributed by atoms with Crippen molar-refractivity contribution in [2.24, 2.45) is 5.73 Å². The highest BCUT2D eigenvalue weighted by molar-refractivity contribution is 5.95. The molecule has 1 unspecified atom stereocenters. The SMILES string of the molecule is Cc1cc(C(=N)N)cc(N2CCCC2CO)n1. The van der Waals surface area contributed by atoms with Crippen LogP contribution in [0.3, 0.4) is 0 Å². The van der Waals surface area contributed by atoms with Crippen LogP contribution in [0, 0.1) is 12.3 Å². The number of hydrogen-bond donors (Lipinski definition) is 3. The fourth-order valence-corrected chi connectivity index (χ4v) is 2.28. The number of aliphatic hydroxyl groups is 1. The van der Waals surface area contributed by atoms with Crippen molar-refractivity contribution in [2.75, 3.05) is 18.1 Å². The minimum Gasteiger partial charge on any atom is -0.394 e. The van der Waals surface area contributed by atoms with Gasteiger partial charge < -0.3 is 15.7 Å². The lowest BCUT2D eigenvalue weighted by molar-refractivity contribution is 0.266. The van der Waals surface area contributed by atoms with Gasteiger partial charge in [0.15, 0.2) is 0 Å². The van der Waals surface area contributed by atoms with Crippen LogP contribution < -0.4 is 10.6 Å². The maximum atomic E-state index is 9.31. The zero-order valence-corrected chi connectivity index (χ0v) is 9.98. The molecule has 1 saturated heterocycles. The molecular formula is C12H18N4O. The molecule has 1 aromatic heterocycles. The lowest BCUT2D eigenvalue weighted by atomic mass is 10.2. The third-order valence-electron chi connectivity index (χ3n) is 3.13.